The number of carbonyl (C=O) groups is 2. The molecule has 2 aromatic rings. The summed E-state index contributed by atoms with van der Waals surface area (Å²) in [4.78, 5) is 23.8. The Hall–Kier alpha value is -3.42. The SMILES string of the molecule is COC(=O)c1cc(OC)cc(OC)c1-c1c(O)cc(O)cc1C(=O)O. The van der Waals surface area contributed by atoms with E-state index < -0.39 is 29.0 Å². The van der Waals surface area contributed by atoms with Crippen LogP contribution >= 0.6 is 0 Å². The maximum atomic E-state index is 12.2. The number of benzene rings is 2. The van der Waals surface area contributed by atoms with Crippen LogP contribution in [-0.2, 0) is 4.74 Å². The van der Waals surface area contributed by atoms with Gasteiger partial charge in [-0.15, -0.1) is 0 Å². The first kappa shape index (κ1) is 17.9. The molecule has 0 saturated carbocycles. The van der Waals surface area contributed by atoms with E-state index in [1.807, 2.05) is 0 Å². The van der Waals surface area contributed by atoms with Gasteiger partial charge in [-0.05, 0) is 12.1 Å². The van der Waals surface area contributed by atoms with E-state index in [-0.39, 0.29) is 28.2 Å². The minimum absolute atomic E-state index is 0.00468. The maximum Gasteiger partial charge on any atom is 0.338 e. The number of hydrogen-bond donors (Lipinski definition) is 3. The molecule has 8 heteroatoms. The fraction of sp³-hybridized carbons (Fsp3) is 0.176. The number of aromatic hydroxyl groups is 2. The third-order valence-corrected chi connectivity index (χ3v) is 3.52. The Morgan fingerprint density at radius 2 is 1.56 bits per heavy atom. The summed E-state index contributed by atoms with van der Waals surface area (Å²) in [5.41, 5.74) is -0.663. The van der Waals surface area contributed by atoms with Crippen LogP contribution in [0, 0.1) is 0 Å². The van der Waals surface area contributed by atoms with Crippen LogP contribution in [0.15, 0.2) is 24.3 Å². The van der Waals surface area contributed by atoms with Gasteiger partial charge in [-0.2, -0.15) is 0 Å². The minimum atomic E-state index is -1.41. The summed E-state index contributed by atoms with van der Waals surface area (Å²) in [5, 5.41) is 29.2. The highest BCUT2D eigenvalue weighted by Gasteiger charge is 2.27. The lowest BCUT2D eigenvalue weighted by molar-refractivity contribution is 0.0599. The molecule has 0 fully saturated rings. The van der Waals surface area contributed by atoms with Gasteiger partial charge in [0, 0.05) is 23.3 Å². The van der Waals surface area contributed by atoms with Crippen LogP contribution in [0.25, 0.3) is 11.1 Å². The van der Waals surface area contributed by atoms with Gasteiger partial charge >= 0.3 is 11.9 Å². The first-order chi connectivity index (χ1) is 11.8. The highest BCUT2D eigenvalue weighted by molar-refractivity contribution is 6.06. The molecule has 0 aliphatic carbocycles. The van der Waals surface area contributed by atoms with Crippen molar-refractivity contribution < 1.29 is 39.1 Å². The van der Waals surface area contributed by atoms with Crippen molar-refractivity contribution in [2.75, 3.05) is 21.3 Å². The van der Waals surface area contributed by atoms with Crippen molar-refractivity contribution in [2.24, 2.45) is 0 Å². The molecule has 2 aromatic carbocycles. The summed E-state index contributed by atoms with van der Waals surface area (Å²) < 4.78 is 15.1. The fourth-order valence-electron chi connectivity index (χ4n) is 2.44. The quantitative estimate of drug-likeness (QED) is 0.703. The molecule has 2 rings (SSSR count). The lowest BCUT2D eigenvalue weighted by Crippen LogP contribution is -2.08. The number of carboxylic acid groups (broad SMARTS) is 1. The molecular weight excluding hydrogens is 332 g/mol. The molecule has 0 heterocycles. The Bertz CT molecular complexity index is 841. The van der Waals surface area contributed by atoms with Crippen LogP contribution in [0.2, 0.25) is 0 Å². The molecule has 0 bridgehead atoms. The van der Waals surface area contributed by atoms with Crippen molar-refractivity contribution in [1.29, 1.82) is 0 Å². The monoisotopic (exact) mass is 348 g/mol. The van der Waals surface area contributed by atoms with Crippen molar-refractivity contribution in [1.82, 2.24) is 0 Å². The highest BCUT2D eigenvalue weighted by Crippen LogP contribution is 2.44. The predicted octanol–water partition coefficient (Wildman–Crippen LogP) is 2.27. The van der Waals surface area contributed by atoms with Crippen LogP contribution in [0.1, 0.15) is 20.7 Å². The van der Waals surface area contributed by atoms with Gasteiger partial charge in [-0.1, -0.05) is 0 Å². The number of methoxy groups -OCH3 is 3. The summed E-state index contributed by atoms with van der Waals surface area (Å²) in [5.74, 6) is -2.80. The number of ether oxygens (including phenoxy) is 3. The molecule has 0 unspecified atom stereocenters. The maximum absolute atomic E-state index is 12.2. The van der Waals surface area contributed by atoms with Gasteiger partial charge in [0.2, 0.25) is 0 Å². The van der Waals surface area contributed by atoms with Crippen molar-refractivity contribution in [2.45, 2.75) is 0 Å². The van der Waals surface area contributed by atoms with Crippen molar-refractivity contribution >= 4 is 11.9 Å². The smallest absolute Gasteiger partial charge is 0.338 e. The molecule has 8 nitrogen and oxygen atoms in total. The molecule has 0 amide bonds. The summed E-state index contributed by atoms with van der Waals surface area (Å²) >= 11 is 0. The Morgan fingerprint density at radius 1 is 0.880 bits per heavy atom. The zero-order valence-corrected chi connectivity index (χ0v) is 13.7. The number of carboxylic acids is 1. The Labute approximate surface area is 142 Å². The molecular formula is C17H16O8. The van der Waals surface area contributed by atoms with Crippen LogP contribution in [0.3, 0.4) is 0 Å². The molecule has 0 radical (unpaired) electrons. The minimum Gasteiger partial charge on any atom is -0.508 e. The van der Waals surface area contributed by atoms with Crippen molar-refractivity contribution in [3.8, 4) is 34.1 Å². The number of hydrogen-bond acceptors (Lipinski definition) is 7. The van der Waals surface area contributed by atoms with E-state index in [0.29, 0.717) is 0 Å². The Morgan fingerprint density at radius 3 is 2.08 bits per heavy atom. The van der Waals surface area contributed by atoms with E-state index in [4.69, 9.17) is 14.2 Å². The molecule has 0 saturated heterocycles. The number of esters is 1. The first-order valence-corrected chi connectivity index (χ1v) is 6.98. The van der Waals surface area contributed by atoms with E-state index >= 15 is 0 Å². The summed E-state index contributed by atoms with van der Waals surface area (Å²) in [6.07, 6.45) is 0. The lowest BCUT2D eigenvalue weighted by Gasteiger charge is -2.17. The second-order valence-electron chi connectivity index (χ2n) is 4.94. The van der Waals surface area contributed by atoms with Crippen LogP contribution in [0.4, 0.5) is 0 Å². The fourth-order valence-corrected chi connectivity index (χ4v) is 2.44. The van der Waals surface area contributed by atoms with Gasteiger partial charge in [-0.3, -0.25) is 0 Å². The zero-order chi connectivity index (χ0) is 18.7. The lowest BCUT2D eigenvalue weighted by atomic mass is 9.92. The van der Waals surface area contributed by atoms with Gasteiger partial charge in [-0.25, -0.2) is 9.59 Å². The summed E-state index contributed by atoms with van der Waals surface area (Å²) in [6, 6.07) is 4.69. The average Bonchev–Trinajstić information content (AvgIpc) is 2.59. The number of rotatable bonds is 5. The van der Waals surface area contributed by atoms with Crippen molar-refractivity contribution in [3.05, 3.63) is 35.4 Å². The summed E-state index contributed by atoms with van der Waals surface area (Å²) in [7, 11) is 3.86. The largest absolute Gasteiger partial charge is 0.508 e. The molecule has 0 atom stereocenters. The van der Waals surface area contributed by atoms with Gasteiger partial charge in [0.1, 0.15) is 23.0 Å². The summed E-state index contributed by atoms with van der Waals surface area (Å²) in [6.45, 7) is 0. The van der Waals surface area contributed by atoms with E-state index in [1.54, 1.807) is 0 Å². The molecule has 25 heavy (non-hydrogen) atoms. The highest BCUT2D eigenvalue weighted by atomic mass is 16.5. The molecule has 3 N–H and O–H groups in total. The average molecular weight is 348 g/mol. The van der Waals surface area contributed by atoms with E-state index in [9.17, 15) is 24.9 Å². The van der Waals surface area contributed by atoms with Gasteiger partial charge in [0.25, 0.3) is 0 Å². The Balaban J connectivity index is 2.96. The standard InChI is InChI=1S/C17H16O8/c1-23-9-6-11(17(22)25-3)15(13(7-9)24-2)14-10(16(20)21)4-8(18)5-12(14)19/h4-7,18-19H,1-3H3,(H,20,21). The first-order valence-electron chi connectivity index (χ1n) is 6.98. The molecule has 0 aromatic heterocycles. The number of carbonyl (C=O) groups excluding carboxylic acids is 1. The zero-order valence-electron chi connectivity index (χ0n) is 13.7. The third kappa shape index (κ3) is 3.27. The molecule has 132 valence electrons. The van der Waals surface area contributed by atoms with Crippen LogP contribution < -0.4 is 9.47 Å². The van der Waals surface area contributed by atoms with Gasteiger partial charge in [0.15, 0.2) is 0 Å². The van der Waals surface area contributed by atoms with E-state index in [0.717, 1.165) is 19.2 Å². The topological polar surface area (TPSA) is 123 Å². The second kappa shape index (κ2) is 7.00. The second-order valence-corrected chi connectivity index (χ2v) is 4.94. The normalized spacial score (nSPS) is 10.2. The molecule has 0 spiro atoms. The predicted molar refractivity (Wildman–Crippen MR) is 86.6 cm³/mol. The molecule has 0 aliphatic heterocycles. The number of phenols is 2. The molecule has 0 aliphatic rings. The van der Waals surface area contributed by atoms with Crippen molar-refractivity contribution in [3.63, 3.8) is 0 Å². The van der Waals surface area contributed by atoms with Crippen LogP contribution in [0.5, 0.6) is 23.0 Å². The van der Waals surface area contributed by atoms with Gasteiger partial charge < -0.3 is 29.5 Å². The van der Waals surface area contributed by atoms with Gasteiger partial charge in [0.05, 0.1) is 32.5 Å². The number of aromatic carboxylic acids is 1. The Kier molecular flexibility index (Phi) is 5.02. The van der Waals surface area contributed by atoms with E-state index in [1.165, 1.54) is 26.4 Å². The number of phenolic OH excluding ortho intramolecular Hbond substituents is 2. The van der Waals surface area contributed by atoms with E-state index in [2.05, 4.69) is 0 Å². The van der Waals surface area contributed by atoms with Crippen LogP contribution in [-0.4, -0.2) is 48.6 Å². The third-order valence-electron chi connectivity index (χ3n) is 3.52.